The maximum atomic E-state index is 5.65. The van der Waals surface area contributed by atoms with Crippen LogP contribution in [0.2, 0.25) is 5.28 Å². The second-order valence-electron chi connectivity index (χ2n) is 3.09. The topological polar surface area (TPSA) is 54.5 Å². The predicted octanol–water partition coefficient (Wildman–Crippen LogP) is 2.14. The van der Waals surface area contributed by atoms with E-state index in [1.54, 1.807) is 0 Å². The van der Waals surface area contributed by atoms with E-state index < -0.39 is 0 Å². The normalized spacial score (nSPS) is 10.5. The number of nitrogens with one attached hydrogen (secondary N) is 1. The van der Waals surface area contributed by atoms with Crippen molar-refractivity contribution in [3.63, 3.8) is 0 Å². The molecule has 0 saturated carbocycles. The van der Waals surface area contributed by atoms with Gasteiger partial charge in [0, 0.05) is 17.0 Å². The second-order valence-corrected chi connectivity index (χ2v) is 3.45. The molecule has 14 heavy (non-hydrogen) atoms. The van der Waals surface area contributed by atoms with Gasteiger partial charge in [-0.25, -0.2) is 5.10 Å². The smallest absolute Gasteiger partial charge is 0.218 e. The molecule has 2 rings (SSSR count). The van der Waals surface area contributed by atoms with Gasteiger partial charge in [0.25, 0.3) is 0 Å². The lowest BCUT2D eigenvalue weighted by molar-refractivity contribution is 1.08. The lowest BCUT2D eigenvalue weighted by Crippen LogP contribution is -1.89. The molecular weight excluding hydrogens is 200 g/mol. The van der Waals surface area contributed by atoms with E-state index in [-0.39, 0.29) is 0 Å². The summed E-state index contributed by atoms with van der Waals surface area (Å²) in [4.78, 5) is 8.30. The van der Waals surface area contributed by atoms with E-state index in [0.29, 0.717) is 11.1 Å². The number of hydrogen-bond acceptors (Lipinski definition) is 3. The van der Waals surface area contributed by atoms with Gasteiger partial charge in [0.15, 0.2) is 5.82 Å². The van der Waals surface area contributed by atoms with Crippen molar-refractivity contribution in [1.29, 1.82) is 0 Å². The minimum absolute atomic E-state index is 0.298. The van der Waals surface area contributed by atoms with Crippen LogP contribution >= 0.6 is 11.6 Å². The molecule has 4 nitrogen and oxygen atoms in total. The van der Waals surface area contributed by atoms with Gasteiger partial charge in [0.05, 0.1) is 0 Å². The zero-order chi connectivity index (χ0) is 10.1. The highest BCUT2D eigenvalue weighted by molar-refractivity contribution is 6.28. The summed E-state index contributed by atoms with van der Waals surface area (Å²) < 4.78 is 0. The summed E-state index contributed by atoms with van der Waals surface area (Å²) in [6.07, 6.45) is 0. The van der Waals surface area contributed by atoms with E-state index in [9.17, 15) is 0 Å². The molecule has 0 atom stereocenters. The Kier molecular flexibility index (Phi) is 2.21. The summed E-state index contributed by atoms with van der Waals surface area (Å²) in [5.74, 6) is 0.601. The zero-order valence-electron chi connectivity index (χ0n) is 7.87. The summed E-state index contributed by atoms with van der Waals surface area (Å²) in [5.41, 5.74) is 2.82. The van der Waals surface area contributed by atoms with E-state index in [2.05, 4.69) is 20.2 Å². The Bertz CT molecular complexity index is 443. The third kappa shape index (κ3) is 1.75. The molecule has 0 bridgehead atoms. The van der Waals surface area contributed by atoms with E-state index in [1.165, 1.54) is 0 Å². The van der Waals surface area contributed by atoms with Crippen LogP contribution < -0.4 is 0 Å². The number of H-pyrrole nitrogens is 1. The number of hydrogen-bond donors (Lipinski definition) is 1. The van der Waals surface area contributed by atoms with Gasteiger partial charge >= 0.3 is 0 Å². The first-order chi connectivity index (χ1) is 6.65. The van der Waals surface area contributed by atoms with E-state index >= 15 is 0 Å². The van der Waals surface area contributed by atoms with Crippen LogP contribution in [0.15, 0.2) is 12.1 Å². The van der Waals surface area contributed by atoms with Crippen LogP contribution in [0.3, 0.4) is 0 Å². The van der Waals surface area contributed by atoms with Crippen LogP contribution in [0.5, 0.6) is 0 Å². The molecule has 0 unspecified atom stereocenters. The molecule has 0 aromatic carbocycles. The van der Waals surface area contributed by atoms with Crippen LogP contribution in [0.1, 0.15) is 11.4 Å². The maximum Gasteiger partial charge on any atom is 0.218 e. The number of nitrogens with zero attached hydrogens (tertiary/aromatic N) is 3. The Morgan fingerprint density at radius 3 is 2.29 bits per heavy atom. The van der Waals surface area contributed by atoms with Crippen LogP contribution in [0.25, 0.3) is 11.4 Å². The summed E-state index contributed by atoms with van der Waals surface area (Å²) in [5, 5.41) is 6.86. The van der Waals surface area contributed by atoms with E-state index in [4.69, 9.17) is 11.6 Å². The zero-order valence-corrected chi connectivity index (χ0v) is 8.63. The Morgan fingerprint density at radius 2 is 1.79 bits per heavy atom. The van der Waals surface area contributed by atoms with Gasteiger partial charge < -0.3 is 0 Å². The minimum atomic E-state index is 0.298. The number of aryl methyl sites for hydroxylation is 2. The van der Waals surface area contributed by atoms with E-state index in [0.717, 1.165) is 17.0 Å². The van der Waals surface area contributed by atoms with Gasteiger partial charge in [-0.3, -0.25) is 4.98 Å². The molecule has 0 aliphatic heterocycles. The molecular formula is C9H9ClN4. The van der Waals surface area contributed by atoms with Crippen molar-refractivity contribution in [3.8, 4) is 11.4 Å². The third-order valence-electron chi connectivity index (χ3n) is 1.80. The van der Waals surface area contributed by atoms with Crippen molar-refractivity contribution in [2.24, 2.45) is 0 Å². The first-order valence-electron chi connectivity index (χ1n) is 4.19. The van der Waals surface area contributed by atoms with Gasteiger partial charge in [-0.15, -0.1) is 0 Å². The number of pyridine rings is 1. The van der Waals surface area contributed by atoms with Crippen molar-refractivity contribution < 1.29 is 0 Å². The third-order valence-corrected chi connectivity index (χ3v) is 1.97. The van der Waals surface area contributed by atoms with Crippen molar-refractivity contribution in [1.82, 2.24) is 20.2 Å². The molecule has 1 N–H and O–H groups in total. The first-order valence-corrected chi connectivity index (χ1v) is 4.56. The summed E-state index contributed by atoms with van der Waals surface area (Å²) in [6.45, 7) is 3.87. The second kappa shape index (κ2) is 3.38. The maximum absolute atomic E-state index is 5.65. The standard InChI is InChI=1S/C9H9ClN4/c1-5-3-7(4-6(2)11-5)8-12-9(10)14-13-8/h3-4H,1-2H3,(H,12,13,14). The number of rotatable bonds is 1. The van der Waals surface area contributed by atoms with Crippen LogP contribution in [-0.4, -0.2) is 20.2 Å². The molecule has 0 radical (unpaired) electrons. The average molecular weight is 209 g/mol. The van der Waals surface area contributed by atoms with Crippen molar-refractivity contribution in [3.05, 3.63) is 28.8 Å². The Balaban J connectivity index is 2.51. The Morgan fingerprint density at radius 1 is 1.14 bits per heavy atom. The molecule has 0 aliphatic carbocycles. The number of halogens is 1. The van der Waals surface area contributed by atoms with Gasteiger partial charge in [-0.2, -0.15) is 10.1 Å². The molecule has 5 heteroatoms. The predicted molar refractivity (Wildman–Crippen MR) is 54.1 cm³/mol. The highest BCUT2D eigenvalue weighted by Crippen LogP contribution is 2.17. The molecule has 2 heterocycles. The van der Waals surface area contributed by atoms with Gasteiger partial charge in [0.2, 0.25) is 5.28 Å². The fourth-order valence-electron chi connectivity index (χ4n) is 1.33. The molecule has 0 fully saturated rings. The van der Waals surface area contributed by atoms with Gasteiger partial charge in [-0.1, -0.05) is 0 Å². The summed E-state index contributed by atoms with van der Waals surface area (Å²) in [6, 6.07) is 3.85. The molecule has 72 valence electrons. The summed E-state index contributed by atoms with van der Waals surface area (Å²) in [7, 11) is 0. The lowest BCUT2D eigenvalue weighted by atomic mass is 10.2. The minimum Gasteiger partial charge on any atom is -0.258 e. The van der Waals surface area contributed by atoms with Crippen LogP contribution in [0, 0.1) is 13.8 Å². The SMILES string of the molecule is Cc1cc(-c2n[nH]c(Cl)n2)cc(C)n1. The highest BCUT2D eigenvalue weighted by atomic mass is 35.5. The molecule has 0 aliphatic rings. The molecule has 2 aromatic heterocycles. The Labute approximate surface area is 86.4 Å². The fourth-order valence-corrected chi connectivity index (χ4v) is 1.46. The van der Waals surface area contributed by atoms with Crippen LogP contribution in [-0.2, 0) is 0 Å². The van der Waals surface area contributed by atoms with Crippen molar-refractivity contribution in [2.45, 2.75) is 13.8 Å². The highest BCUT2D eigenvalue weighted by Gasteiger charge is 2.05. The first kappa shape index (κ1) is 9.15. The van der Waals surface area contributed by atoms with E-state index in [1.807, 2.05) is 26.0 Å². The molecule has 0 saturated heterocycles. The van der Waals surface area contributed by atoms with Crippen molar-refractivity contribution in [2.75, 3.05) is 0 Å². The largest absolute Gasteiger partial charge is 0.258 e. The number of aromatic amines is 1. The fraction of sp³-hybridized carbons (Fsp3) is 0.222. The van der Waals surface area contributed by atoms with Crippen molar-refractivity contribution >= 4 is 11.6 Å². The average Bonchev–Trinajstić information content (AvgIpc) is 2.50. The monoisotopic (exact) mass is 208 g/mol. The van der Waals surface area contributed by atoms with Gasteiger partial charge in [-0.05, 0) is 37.6 Å². The quantitative estimate of drug-likeness (QED) is 0.781. The lowest BCUT2D eigenvalue weighted by Gasteiger charge is -1.99. The molecule has 2 aromatic rings. The van der Waals surface area contributed by atoms with Gasteiger partial charge in [0.1, 0.15) is 0 Å². The molecule has 0 amide bonds. The van der Waals surface area contributed by atoms with Crippen LogP contribution in [0.4, 0.5) is 0 Å². The molecule has 0 spiro atoms. The Hall–Kier alpha value is -1.42. The summed E-state index contributed by atoms with van der Waals surface area (Å²) >= 11 is 5.65. The number of aromatic nitrogens is 4.